The molecule has 28 heavy (non-hydrogen) atoms. The number of hydrogen-bond acceptors (Lipinski definition) is 7. The van der Waals surface area contributed by atoms with E-state index in [1.165, 1.54) is 21.2 Å². The number of para-hydroxylation sites is 2. The Morgan fingerprint density at radius 2 is 1.39 bits per heavy atom. The van der Waals surface area contributed by atoms with Crippen molar-refractivity contribution < 1.29 is 19.8 Å². The van der Waals surface area contributed by atoms with Crippen molar-refractivity contribution in [3.05, 3.63) is 48.5 Å². The van der Waals surface area contributed by atoms with E-state index in [-0.39, 0.29) is 0 Å². The number of carboxylic acid groups (broad SMARTS) is 2. The molecule has 0 saturated heterocycles. The Morgan fingerprint density at radius 3 is 1.89 bits per heavy atom. The fraction of sp³-hybridized carbons (Fsp3) is 0.300. The zero-order valence-corrected chi connectivity index (χ0v) is 16.8. The topological polar surface area (TPSA) is 95.5 Å². The summed E-state index contributed by atoms with van der Waals surface area (Å²) in [6.07, 6.45) is 2.16. The van der Waals surface area contributed by atoms with Gasteiger partial charge >= 0.3 is 0 Å². The minimum Gasteiger partial charge on any atom is -0.543 e. The molecule has 1 N–H and O–H groups in total. The molecule has 150 valence electrons. The lowest BCUT2D eigenvalue weighted by Crippen LogP contribution is -2.42. The van der Waals surface area contributed by atoms with Crippen LogP contribution < -0.4 is 20.4 Å². The number of rotatable bonds is 7. The van der Waals surface area contributed by atoms with Crippen LogP contribution in [-0.4, -0.2) is 37.5 Å². The summed E-state index contributed by atoms with van der Waals surface area (Å²) in [5, 5.41) is 21.3. The Labute approximate surface area is 173 Å². The fourth-order valence-electron chi connectivity index (χ4n) is 2.70. The van der Waals surface area contributed by atoms with Crippen LogP contribution in [0.3, 0.4) is 0 Å². The Balaban J connectivity index is 0.000000409. The zero-order chi connectivity index (χ0) is 20.4. The molecule has 3 rings (SSSR count). The van der Waals surface area contributed by atoms with Crippen molar-refractivity contribution >= 4 is 46.7 Å². The molecule has 0 radical (unpaired) electrons. The summed E-state index contributed by atoms with van der Waals surface area (Å²) in [4.78, 5) is 23.0. The zero-order valence-electron chi connectivity index (χ0n) is 15.2. The fourth-order valence-corrected chi connectivity index (χ4v) is 3.93. The van der Waals surface area contributed by atoms with Gasteiger partial charge in [0.25, 0.3) is 0 Å². The van der Waals surface area contributed by atoms with Gasteiger partial charge in [0.2, 0.25) is 0 Å². The summed E-state index contributed by atoms with van der Waals surface area (Å²) >= 11 is 7.56. The highest BCUT2D eigenvalue weighted by Crippen LogP contribution is 2.47. The van der Waals surface area contributed by atoms with Crippen molar-refractivity contribution in [1.29, 1.82) is 0 Å². The summed E-state index contributed by atoms with van der Waals surface area (Å²) < 4.78 is 0. The van der Waals surface area contributed by atoms with Crippen LogP contribution in [0.4, 0.5) is 11.4 Å². The second-order valence-corrected chi connectivity index (χ2v) is 7.37. The summed E-state index contributed by atoms with van der Waals surface area (Å²) in [7, 11) is 0. The molecule has 2 aromatic carbocycles. The number of carbonyl (C=O) groups is 2. The quantitative estimate of drug-likeness (QED) is 0.410. The van der Waals surface area contributed by atoms with E-state index < -0.39 is 11.9 Å². The van der Waals surface area contributed by atoms with Crippen LogP contribution in [0.1, 0.15) is 12.8 Å². The first kappa shape index (κ1) is 22.1. The molecule has 0 amide bonds. The van der Waals surface area contributed by atoms with Gasteiger partial charge < -0.3 is 30.0 Å². The molecular formula is C20H21ClN2O4S-2. The smallest absolute Gasteiger partial charge is 0.0870 e. The van der Waals surface area contributed by atoms with Gasteiger partial charge in [-0.05, 0) is 50.2 Å². The van der Waals surface area contributed by atoms with Crippen LogP contribution in [0.25, 0.3) is 0 Å². The number of hydrogen-bond donors (Lipinski definition) is 1. The second-order valence-electron chi connectivity index (χ2n) is 5.91. The largest absolute Gasteiger partial charge is 0.543 e. The minimum absolute atomic E-state index is 0.733. The van der Waals surface area contributed by atoms with Gasteiger partial charge in [0.15, 0.2) is 0 Å². The number of alkyl halides is 1. The average Bonchev–Trinajstić information content (AvgIpc) is 2.70. The molecular weight excluding hydrogens is 400 g/mol. The molecule has 0 fully saturated rings. The average molecular weight is 421 g/mol. The van der Waals surface area contributed by atoms with Gasteiger partial charge in [0, 0.05) is 22.2 Å². The number of carbonyl (C=O) groups excluding carboxylic acids is 2. The highest BCUT2D eigenvalue weighted by molar-refractivity contribution is 7.99. The highest BCUT2D eigenvalue weighted by atomic mass is 35.5. The maximum atomic E-state index is 8.93. The molecule has 0 saturated carbocycles. The van der Waals surface area contributed by atoms with Gasteiger partial charge in [0.05, 0.1) is 23.3 Å². The Morgan fingerprint density at radius 1 is 0.893 bits per heavy atom. The van der Waals surface area contributed by atoms with Crippen LogP contribution in [0.2, 0.25) is 0 Å². The molecule has 1 aliphatic heterocycles. The third-order valence-corrected chi connectivity index (χ3v) is 5.32. The van der Waals surface area contributed by atoms with Gasteiger partial charge in [-0.2, -0.15) is 0 Å². The maximum absolute atomic E-state index is 8.93. The highest BCUT2D eigenvalue weighted by Gasteiger charge is 2.21. The molecule has 1 aliphatic rings. The van der Waals surface area contributed by atoms with Gasteiger partial charge in [-0.15, -0.1) is 11.6 Å². The number of carboxylic acids is 2. The Bertz CT molecular complexity index is 746. The number of nitrogens with one attached hydrogen (secondary N) is 1. The van der Waals surface area contributed by atoms with E-state index >= 15 is 0 Å². The van der Waals surface area contributed by atoms with E-state index in [0.717, 1.165) is 38.4 Å². The molecule has 0 aliphatic carbocycles. The van der Waals surface area contributed by atoms with Crippen LogP contribution in [-0.2, 0) is 9.59 Å². The molecule has 6 nitrogen and oxygen atoms in total. The van der Waals surface area contributed by atoms with Crippen LogP contribution in [0.5, 0.6) is 0 Å². The van der Waals surface area contributed by atoms with Crippen LogP contribution >= 0.6 is 23.4 Å². The Kier molecular flexibility index (Phi) is 9.13. The molecule has 0 spiro atoms. The van der Waals surface area contributed by atoms with E-state index in [4.69, 9.17) is 31.4 Å². The second kappa shape index (κ2) is 11.6. The normalized spacial score (nSPS) is 11.7. The molecule has 1 heterocycles. The van der Waals surface area contributed by atoms with Gasteiger partial charge in [-0.1, -0.05) is 36.0 Å². The summed E-state index contributed by atoms with van der Waals surface area (Å²) in [6, 6.07) is 17.3. The molecule has 8 heteroatoms. The van der Waals surface area contributed by atoms with Crippen molar-refractivity contribution in [2.75, 3.05) is 30.4 Å². The third kappa shape index (κ3) is 6.44. The van der Waals surface area contributed by atoms with Crippen molar-refractivity contribution in [3.8, 4) is 0 Å². The van der Waals surface area contributed by atoms with E-state index in [1.54, 1.807) is 0 Å². The third-order valence-electron chi connectivity index (χ3n) is 3.92. The summed E-state index contributed by atoms with van der Waals surface area (Å²) in [5.74, 6) is -3.64. The maximum Gasteiger partial charge on any atom is 0.0870 e. The van der Waals surface area contributed by atoms with Gasteiger partial charge in [-0.25, -0.2) is 0 Å². The first-order chi connectivity index (χ1) is 13.5. The number of nitrogens with zero attached hydrogens (tertiary/aromatic N) is 1. The van der Waals surface area contributed by atoms with E-state index in [1.807, 2.05) is 11.8 Å². The molecule has 0 unspecified atom stereocenters. The first-order valence-electron chi connectivity index (χ1n) is 8.87. The molecule has 0 bridgehead atoms. The molecule has 0 aromatic heterocycles. The molecule has 2 aromatic rings. The van der Waals surface area contributed by atoms with E-state index in [9.17, 15) is 0 Å². The van der Waals surface area contributed by atoms with Crippen molar-refractivity contribution in [2.24, 2.45) is 0 Å². The number of halogens is 1. The predicted octanol–water partition coefficient (Wildman–Crippen LogP) is 1.38. The summed E-state index contributed by atoms with van der Waals surface area (Å²) in [6.45, 7) is 3.07. The van der Waals surface area contributed by atoms with Gasteiger partial charge in [0.1, 0.15) is 0 Å². The van der Waals surface area contributed by atoms with Crippen LogP contribution in [0, 0.1) is 0 Å². The van der Waals surface area contributed by atoms with E-state index in [2.05, 4.69) is 58.7 Å². The monoisotopic (exact) mass is 420 g/mol. The lowest BCUT2D eigenvalue weighted by molar-refractivity contribution is -0.345. The lowest BCUT2D eigenvalue weighted by Gasteiger charge is -2.32. The van der Waals surface area contributed by atoms with Gasteiger partial charge in [-0.3, -0.25) is 0 Å². The van der Waals surface area contributed by atoms with E-state index in [0.29, 0.717) is 0 Å². The van der Waals surface area contributed by atoms with Crippen molar-refractivity contribution in [2.45, 2.75) is 22.6 Å². The summed E-state index contributed by atoms with van der Waals surface area (Å²) in [5.41, 5.74) is 2.65. The standard InChI is InChI=1S/C18H21ClN2S.C2H2O4/c19-11-5-12-20-13-6-14-21-15-7-1-3-9-17(15)22-18-10-4-2-8-16(18)21;3-1(4)2(5)6/h1-4,7-10,20H,5-6,11-14H2;(H,3,4)(H,5,6)/p-2. The Hall–Kier alpha value is -2.22. The number of aliphatic carboxylic acids is 2. The number of benzene rings is 2. The minimum atomic E-state index is -2.19. The lowest BCUT2D eigenvalue weighted by atomic mass is 10.2. The van der Waals surface area contributed by atoms with Crippen molar-refractivity contribution in [1.82, 2.24) is 5.32 Å². The SMILES string of the molecule is ClCCCNCCCN1c2ccccc2Sc2ccccc21.O=C([O-])C(=O)[O-]. The predicted molar refractivity (Wildman–Crippen MR) is 107 cm³/mol. The first-order valence-corrected chi connectivity index (χ1v) is 10.2. The van der Waals surface area contributed by atoms with Crippen molar-refractivity contribution in [3.63, 3.8) is 0 Å². The number of fused-ring (bicyclic) bond motifs is 2. The molecule has 0 atom stereocenters. The number of anilines is 2. The van der Waals surface area contributed by atoms with Crippen LogP contribution in [0.15, 0.2) is 58.3 Å².